The highest BCUT2D eigenvalue weighted by molar-refractivity contribution is 5.93. The van der Waals surface area contributed by atoms with Gasteiger partial charge in [-0.2, -0.15) is 0 Å². The summed E-state index contributed by atoms with van der Waals surface area (Å²) in [5.74, 6) is 0.267. The van der Waals surface area contributed by atoms with Crippen molar-refractivity contribution in [3.05, 3.63) is 42.2 Å². The molecule has 0 bridgehead atoms. The van der Waals surface area contributed by atoms with E-state index < -0.39 is 17.6 Å². The fourth-order valence-corrected chi connectivity index (χ4v) is 6.04. The molecule has 0 unspecified atom stereocenters. The van der Waals surface area contributed by atoms with E-state index in [2.05, 4.69) is 13.8 Å². The standard InChI is InChI=1S/C34H51N5O6/c1-25(2)22-39(32(41)29-21-35-30(26-12-8-7-9-13-26)38(29)14-10-11-17-43-6)28-20-27(31(40)36-15-18-44-19-16-36)23-37(24-28)33(42)45-34(3,4)5/h7-9,12-13,21,25,27-28H,10-11,14-20,22-24H2,1-6H3/t27-,28+/m1/s1. The normalized spacial score (nSPS) is 19.1. The van der Waals surface area contributed by atoms with Crippen LogP contribution in [-0.4, -0.2) is 113 Å². The highest BCUT2D eigenvalue weighted by atomic mass is 16.6. The quantitative estimate of drug-likeness (QED) is 0.337. The van der Waals surface area contributed by atoms with E-state index in [4.69, 9.17) is 19.2 Å². The van der Waals surface area contributed by atoms with Crippen molar-refractivity contribution < 1.29 is 28.6 Å². The Morgan fingerprint density at radius 1 is 1.04 bits per heavy atom. The highest BCUT2D eigenvalue weighted by Crippen LogP contribution is 2.28. The number of imidazole rings is 1. The molecule has 0 N–H and O–H groups in total. The summed E-state index contributed by atoms with van der Waals surface area (Å²) in [5, 5.41) is 0. The van der Waals surface area contributed by atoms with Crippen LogP contribution in [0.1, 0.15) is 64.4 Å². The Bertz CT molecular complexity index is 1270. The van der Waals surface area contributed by atoms with Gasteiger partial charge in [0.15, 0.2) is 0 Å². The minimum Gasteiger partial charge on any atom is -0.444 e. The molecule has 2 aliphatic rings. The Morgan fingerprint density at radius 3 is 2.40 bits per heavy atom. The van der Waals surface area contributed by atoms with Gasteiger partial charge in [0.2, 0.25) is 5.91 Å². The van der Waals surface area contributed by atoms with Crippen molar-refractivity contribution in [1.29, 1.82) is 0 Å². The summed E-state index contributed by atoms with van der Waals surface area (Å²) < 4.78 is 18.5. The molecule has 4 rings (SSSR count). The summed E-state index contributed by atoms with van der Waals surface area (Å²) in [5.41, 5.74) is 0.741. The fourth-order valence-electron chi connectivity index (χ4n) is 6.04. The fraction of sp³-hybridized carbons (Fsp3) is 0.647. The Morgan fingerprint density at radius 2 is 1.76 bits per heavy atom. The van der Waals surface area contributed by atoms with Crippen LogP contribution in [-0.2, 0) is 25.5 Å². The van der Waals surface area contributed by atoms with E-state index in [0.29, 0.717) is 58.1 Å². The Labute approximate surface area is 267 Å². The third-order valence-electron chi connectivity index (χ3n) is 8.10. The van der Waals surface area contributed by atoms with E-state index >= 15 is 0 Å². The van der Waals surface area contributed by atoms with Crippen molar-refractivity contribution in [3.63, 3.8) is 0 Å². The summed E-state index contributed by atoms with van der Waals surface area (Å²) in [6, 6.07) is 9.49. The van der Waals surface area contributed by atoms with Crippen molar-refractivity contribution in [2.75, 3.05) is 59.7 Å². The number of methoxy groups -OCH3 is 1. The third-order valence-corrected chi connectivity index (χ3v) is 8.10. The third kappa shape index (κ3) is 9.29. The van der Waals surface area contributed by atoms with Crippen molar-refractivity contribution >= 4 is 17.9 Å². The number of unbranched alkanes of at least 4 members (excludes halogenated alkanes) is 1. The second kappa shape index (κ2) is 15.7. The molecule has 2 aliphatic heterocycles. The van der Waals surface area contributed by atoms with Crippen LogP contribution in [0.4, 0.5) is 4.79 Å². The Balaban J connectivity index is 1.68. The number of amides is 3. The van der Waals surface area contributed by atoms with Gasteiger partial charge in [-0.25, -0.2) is 9.78 Å². The molecule has 0 spiro atoms. The number of rotatable bonds is 11. The number of benzene rings is 1. The predicted octanol–water partition coefficient (Wildman–Crippen LogP) is 4.56. The van der Waals surface area contributed by atoms with Gasteiger partial charge in [0.25, 0.3) is 5.91 Å². The van der Waals surface area contributed by atoms with Crippen LogP contribution < -0.4 is 0 Å². The van der Waals surface area contributed by atoms with Crippen LogP contribution in [0.15, 0.2) is 36.5 Å². The van der Waals surface area contributed by atoms with Crippen LogP contribution in [0.5, 0.6) is 0 Å². The second-order valence-electron chi connectivity index (χ2n) is 13.4. The molecule has 1 aromatic carbocycles. The first kappa shape index (κ1) is 34.4. The molecule has 45 heavy (non-hydrogen) atoms. The molecule has 2 atom stereocenters. The van der Waals surface area contributed by atoms with E-state index in [1.54, 1.807) is 18.2 Å². The maximum absolute atomic E-state index is 14.6. The molecule has 0 saturated carbocycles. The topological polar surface area (TPSA) is 106 Å². The zero-order valence-corrected chi connectivity index (χ0v) is 27.9. The van der Waals surface area contributed by atoms with Crippen LogP contribution in [0, 0.1) is 11.8 Å². The van der Waals surface area contributed by atoms with Gasteiger partial charge in [0, 0.05) is 58.5 Å². The van der Waals surface area contributed by atoms with Gasteiger partial charge < -0.3 is 33.5 Å². The molecule has 1 aromatic heterocycles. The lowest BCUT2D eigenvalue weighted by Gasteiger charge is -2.44. The highest BCUT2D eigenvalue weighted by Gasteiger charge is 2.41. The van der Waals surface area contributed by atoms with Gasteiger partial charge in [0.05, 0.1) is 31.4 Å². The zero-order valence-electron chi connectivity index (χ0n) is 27.9. The van der Waals surface area contributed by atoms with Crippen molar-refractivity contribution in [3.8, 4) is 11.4 Å². The summed E-state index contributed by atoms with van der Waals surface area (Å²) in [7, 11) is 1.69. The molecule has 0 aliphatic carbocycles. The average molecular weight is 626 g/mol. The first-order valence-corrected chi connectivity index (χ1v) is 16.2. The summed E-state index contributed by atoms with van der Waals surface area (Å²) in [6.07, 6.45) is 3.32. The molecule has 11 nitrogen and oxygen atoms in total. The molecule has 2 aromatic rings. The second-order valence-corrected chi connectivity index (χ2v) is 13.4. The minimum atomic E-state index is -0.690. The lowest BCUT2D eigenvalue weighted by atomic mass is 9.91. The van der Waals surface area contributed by atoms with Crippen LogP contribution in [0.2, 0.25) is 0 Å². The van der Waals surface area contributed by atoms with Gasteiger partial charge in [-0.05, 0) is 46.0 Å². The van der Waals surface area contributed by atoms with Crippen molar-refractivity contribution in [2.24, 2.45) is 11.8 Å². The van der Waals surface area contributed by atoms with Gasteiger partial charge in [0.1, 0.15) is 17.1 Å². The number of morpholine rings is 1. The summed E-state index contributed by atoms with van der Waals surface area (Å²) in [6.45, 7) is 13.9. The summed E-state index contributed by atoms with van der Waals surface area (Å²) >= 11 is 0. The number of likely N-dealkylation sites (tertiary alicyclic amines) is 1. The van der Waals surface area contributed by atoms with E-state index in [-0.39, 0.29) is 36.9 Å². The Hall–Kier alpha value is -3.44. The molecule has 248 valence electrons. The average Bonchev–Trinajstić information content (AvgIpc) is 3.45. The number of carbonyl (C=O) groups is 3. The predicted molar refractivity (Wildman–Crippen MR) is 172 cm³/mol. The van der Waals surface area contributed by atoms with E-state index in [9.17, 15) is 14.4 Å². The molecule has 0 radical (unpaired) electrons. The van der Waals surface area contributed by atoms with E-state index in [0.717, 1.165) is 24.2 Å². The smallest absolute Gasteiger partial charge is 0.410 e. The number of piperidine rings is 1. The lowest BCUT2D eigenvalue weighted by molar-refractivity contribution is -0.142. The number of hydrogen-bond acceptors (Lipinski definition) is 7. The molecular formula is C34H51N5O6. The zero-order chi connectivity index (χ0) is 32.6. The van der Waals surface area contributed by atoms with E-state index in [1.165, 1.54) is 0 Å². The van der Waals surface area contributed by atoms with E-state index in [1.807, 2.05) is 65.5 Å². The maximum Gasteiger partial charge on any atom is 0.410 e. The molecule has 11 heteroatoms. The van der Waals surface area contributed by atoms with Crippen molar-refractivity contribution in [1.82, 2.24) is 24.3 Å². The Kier molecular flexibility index (Phi) is 12.0. The number of aromatic nitrogens is 2. The lowest BCUT2D eigenvalue weighted by Crippen LogP contribution is -2.58. The van der Waals surface area contributed by atoms with Gasteiger partial charge in [-0.1, -0.05) is 44.2 Å². The molecule has 3 amide bonds. The largest absolute Gasteiger partial charge is 0.444 e. The maximum atomic E-state index is 14.6. The number of carbonyl (C=O) groups excluding carboxylic acids is 3. The first-order chi connectivity index (χ1) is 21.5. The number of ether oxygens (including phenoxy) is 3. The monoisotopic (exact) mass is 625 g/mol. The SMILES string of the molecule is COCCCCn1c(C(=O)N(CC(C)C)[C@H]2C[C@@H](C(=O)N3CCOCC3)CN(C(=O)OC(C)(C)C)C2)cnc1-c1ccccc1. The van der Waals surface area contributed by atoms with Crippen molar-refractivity contribution in [2.45, 2.75) is 72.1 Å². The first-order valence-electron chi connectivity index (χ1n) is 16.2. The number of nitrogens with zero attached hydrogens (tertiary/aromatic N) is 5. The van der Waals surface area contributed by atoms with Crippen LogP contribution >= 0.6 is 0 Å². The van der Waals surface area contributed by atoms with Crippen LogP contribution in [0.25, 0.3) is 11.4 Å². The van der Waals surface area contributed by atoms with Gasteiger partial charge in [-0.15, -0.1) is 0 Å². The molecule has 3 heterocycles. The number of hydrogen-bond donors (Lipinski definition) is 0. The molecule has 2 saturated heterocycles. The minimum absolute atomic E-state index is 0.0111. The molecular weight excluding hydrogens is 574 g/mol. The van der Waals surface area contributed by atoms with Gasteiger partial charge in [-0.3, -0.25) is 9.59 Å². The van der Waals surface area contributed by atoms with Crippen LogP contribution in [0.3, 0.4) is 0 Å². The van der Waals surface area contributed by atoms with Gasteiger partial charge >= 0.3 is 6.09 Å². The summed E-state index contributed by atoms with van der Waals surface area (Å²) in [4.78, 5) is 51.8. The molecule has 2 fully saturated rings.